The maximum Gasteiger partial charge on any atom is 0.315 e. The standard InChI is InChI=1S/C21H27N3O/c1-16(12-17-8-4-3-5-9-17)23-21(25)22-14-20-13-18-10-6-7-11-19(18)15-24(20)2/h3-11,16,20H,12-15H2,1-2H3,(H2,22,23,25). The summed E-state index contributed by atoms with van der Waals surface area (Å²) in [5.74, 6) is 0. The third-order valence-corrected chi connectivity index (χ3v) is 4.88. The van der Waals surface area contributed by atoms with Crippen LogP contribution in [0.2, 0.25) is 0 Å². The quantitative estimate of drug-likeness (QED) is 0.881. The summed E-state index contributed by atoms with van der Waals surface area (Å²) in [4.78, 5) is 14.5. The zero-order valence-electron chi connectivity index (χ0n) is 15.0. The number of hydrogen-bond donors (Lipinski definition) is 2. The lowest BCUT2D eigenvalue weighted by Crippen LogP contribution is -2.49. The van der Waals surface area contributed by atoms with Gasteiger partial charge in [-0.1, -0.05) is 54.6 Å². The third-order valence-electron chi connectivity index (χ3n) is 4.88. The normalized spacial score (nSPS) is 18.2. The predicted octanol–water partition coefficient (Wildman–Crippen LogP) is 2.97. The fraction of sp³-hybridized carbons (Fsp3) is 0.381. The first-order valence-corrected chi connectivity index (χ1v) is 8.97. The second-order valence-electron chi connectivity index (χ2n) is 6.99. The number of carbonyl (C=O) groups is 1. The van der Waals surface area contributed by atoms with E-state index in [1.54, 1.807) is 0 Å². The summed E-state index contributed by atoms with van der Waals surface area (Å²) in [6.45, 7) is 3.64. The fourth-order valence-electron chi connectivity index (χ4n) is 3.45. The summed E-state index contributed by atoms with van der Waals surface area (Å²) in [6.07, 6.45) is 1.82. The van der Waals surface area contributed by atoms with Crippen LogP contribution in [-0.4, -0.2) is 36.6 Å². The molecule has 132 valence electrons. The van der Waals surface area contributed by atoms with Gasteiger partial charge in [-0.2, -0.15) is 0 Å². The van der Waals surface area contributed by atoms with Crippen LogP contribution in [0.5, 0.6) is 0 Å². The molecule has 0 bridgehead atoms. The van der Waals surface area contributed by atoms with E-state index in [-0.39, 0.29) is 12.1 Å². The number of rotatable bonds is 5. The van der Waals surface area contributed by atoms with Gasteiger partial charge in [0.2, 0.25) is 0 Å². The van der Waals surface area contributed by atoms with Crippen molar-refractivity contribution in [1.82, 2.24) is 15.5 Å². The minimum Gasteiger partial charge on any atom is -0.337 e. The predicted molar refractivity (Wildman–Crippen MR) is 102 cm³/mol. The van der Waals surface area contributed by atoms with Gasteiger partial charge in [0, 0.05) is 25.2 Å². The van der Waals surface area contributed by atoms with Crippen LogP contribution in [0.1, 0.15) is 23.6 Å². The molecule has 1 aliphatic rings. The Labute approximate surface area is 150 Å². The maximum atomic E-state index is 12.2. The number of carbonyl (C=O) groups excluding carboxylic acids is 1. The molecule has 2 unspecified atom stereocenters. The smallest absolute Gasteiger partial charge is 0.315 e. The first kappa shape index (κ1) is 17.5. The van der Waals surface area contributed by atoms with Gasteiger partial charge in [-0.05, 0) is 43.5 Å². The zero-order valence-corrected chi connectivity index (χ0v) is 15.0. The van der Waals surface area contributed by atoms with Crippen molar-refractivity contribution < 1.29 is 4.79 Å². The Morgan fingerprint density at radius 2 is 1.80 bits per heavy atom. The van der Waals surface area contributed by atoms with E-state index in [4.69, 9.17) is 0 Å². The van der Waals surface area contributed by atoms with Gasteiger partial charge in [0.15, 0.2) is 0 Å². The van der Waals surface area contributed by atoms with E-state index in [2.05, 4.69) is 59.0 Å². The maximum absolute atomic E-state index is 12.2. The lowest BCUT2D eigenvalue weighted by molar-refractivity contribution is 0.202. The Morgan fingerprint density at radius 1 is 1.12 bits per heavy atom. The molecule has 2 atom stereocenters. The van der Waals surface area contributed by atoms with Gasteiger partial charge < -0.3 is 10.6 Å². The molecule has 0 aromatic heterocycles. The molecule has 25 heavy (non-hydrogen) atoms. The molecule has 0 saturated carbocycles. The minimum absolute atomic E-state index is 0.0873. The summed E-state index contributed by atoms with van der Waals surface area (Å²) < 4.78 is 0. The molecule has 1 aliphatic heterocycles. The van der Waals surface area contributed by atoms with Gasteiger partial charge in [0.25, 0.3) is 0 Å². The van der Waals surface area contributed by atoms with Gasteiger partial charge in [0.1, 0.15) is 0 Å². The highest BCUT2D eigenvalue weighted by molar-refractivity contribution is 5.74. The number of urea groups is 1. The highest BCUT2D eigenvalue weighted by atomic mass is 16.2. The number of amides is 2. The molecular formula is C21H27N3O. The summed E-state index contributed by atoms with van der Waals surface area (Å²) in [7, 11) is 2.12. The highest BCUT2D eigenvalue weighted by Crippen LogP contribution is 2.21. The van der Waals surface area contributed by atoms with Crippen molar-refractivity contribution in [1.29, 1.82) is 0 Å². The summed E-state index contributed by atoms with van der Waals surface area (Å²) in [6, 6.07) is 19.2. The van der Waals surface area contributed by atoms with Gasteiger partial charge in [-0.25, -0.2) is 4.79 Å². The number of benzene rings is 2. The van der Waals surface area contributed by atoms with E-state index < -0.39 is 0 Å². The Balaban J connectivity index is 1.46. The SMILES string of the molecule is CC(Cc1ccccc1)NC(=O)NCC1Cc2ccccc2CN1C. The first-order valence-electron chi connectivity index (χ1n) is 8.97. The summed E-state index contributed by atoms with van der Waals surface area (Å²) >= 11 is 0. The molecule has 2 aromatic carbocycles. The lowest BCUT2D eigenvalue weighted by atomic mass is 9.94. The Hall–Kier alpha value is -2.33. The number of hydrogen-bond acceptors (Lipinski definition) is 2. The van der Waals surface area contributed by atoms with Crippen molar-refractivity contribution in [3.63, 3.8) is 0 Å². The monoisotopic (exact) mass is 337 g/mol. The van der Waals surface area contributed by atoms with Gasteiger partial charge in [-0.3, -0.25) is 4.90 Å². The lowest BCUT2D eigenvalue weighted by Gasteiger charge is -2.34. The molecule has 2 aromatic rings. The van der Waals surface area contributed by atoms with Crippen LogP contribution in [0.25, 0.3) is 0 Å². The topological polar surface area (TPSA) is 44.4 Å². The molecule has 4 heteroatoms. The van der Waals surface area contributed by atoms with E-state index in [0.29, 0.717) is 12.6 Å². The van der Waals surface area contributed by atoms with Crippen LogP contribution in [0.4, 0.5) is 4.79 Å². The average Bonchev–Trinajstić information content (AvgIpc) is 2.60. The van der Waals surface area contributed by atoms with E-state index in [9.17, 15) is 4.79 Å². The van der Waals surface area contributed by atoms with Crippen LogP contribution in [-0.2, 0) is 19.4 Å². The molecular weight excluding hydrogens is 310 g/mol. The molecule has 3 rings (SSSR count). The molecule has 4 nitrogen and oxygen atoms in total. The number of nitrogens with zero attached hydrogens (tertiary/aromatic N) is 1. The van der Waals surface area contributed by atoms with Crippen molar-refractivity contribution in [2.45, 2.75) is 38.4 Å². The third kappa shape index (κ3) is 4.83. The second-order valence-corrected chi connectivity index (χ2v) is 6.99. The van der Waals surface area contributed by atoms with Crippen molar-refractivity contribution in [3.05, 3.63) is 71.3 Å². The van der Waals surface area contributed by atoms with Gasteiger partial charge in [0.05, 0.1) is 0 Å². The number of nitrogens with one attached hydrogen (secondary N) is 2. The molecule has 0 radical (unpaired) electrons. The van der Waals surface area contributed by atoms with E-state index in [1.807, 2.05) is 25.1 Å². The van der Waals surface area contributed by atoms with E-state index in [1.165, 1.54) is 16.7 Å². The van der Waals surface area contributed by atoms with Crippen molar-refractivity contribution in [2.75, 3.05) is 13.6 Å². The largest absolute Gasteiger partial charge is 0.337 e. The van der Waals surface area contributed by atoms with Crippen LogP contribution in [0, 0.1) is 0 Å². The molecule has 0 spiro atoms. The highest BCUT2D eigenvalue weighted by Gasteiger charge is 2.23. The van der Waals surface area contributed by atoms with Crippen LogP contribution >= 0.6 is 0 Å². The molecule has 0 fully saturated rings. The minimum atomic E-state index is -0.0873. The molecule has 0 saturated heterocycles. The first-order chi connectivity index (χ1) is 12.1. The van der Waals surface area contributed by atoms with E-state index in [0.717, 1.165) is 19.4 Å². The zero-order chi connectivity index (χ0) is 17.6. The Bertz CT molecular complexity index is 701. The second kappa shape index (κ2) is 8.17. The van der Waals surface area contributed by atoms with Crippen molar-refractivity contribution in [3.8, 4) is 0 Å². The van der Waals surface area contributed by atoms with Gasteiger partial charge in [-0.15, -0.1) is 0 Å². The Morgan fingerprint density at radius 3 is 2.56 bits per heavy atom. The Kier molecular flexibility index (Phi) is 5.71. The van der Waals surface area contributed by atoms with Crippen molar-refractivity contribution in [2.24, 2.45) is 0 Å². The molecule has 1 heterocycles. The molecule has 0 aliphatic carbocycles. The summed E-state index contributed by atoms with van der Waals surface area (Å²) in [5, 5.41) is 6.07. The van der Waals surface area contributed by atoms with Gasteiger partial charge >= 0.3 is 6.03 Å². The molecule has 2 N–H and O–H groups in total. The van der Waals surface area contributed by atoms with Crippen molar-refractivity contribution >= 4 is 6.03 Å². The van der Waals surface area contributed by atoms with Crippen LogP contribution in [0.3, 0.4) is 0 Å². The number of likely N-dealkylation sites (N-methyl/N-ethyl adjacent to an activating group) is 1. The van der Waals surface area contributed by atoms with Crippen LogP contribution in [0.15, 0.2) is 54.6 Å². The van der Waals surface area contributed by atoms with Crippen LogP contribution < -0.4 is 10.6 Å². The summed E-state index contributed by atoms with van der Waals surface area (Å²) in [5.41, 5.74) is 4.02. The molecule has 2 amide bonds. The average molecular weight is 337 g/mol. The fourth-order valence-corrected chi connectivity index (χ4v) is 3.45. The number of fused-ring (bicyclic) bond motifs is 1. The van der Waals surface area contributed by atoms with E-state index >= 15 is 0 Å².